The highest BCUT2D eigenvalue weighted by Crippen LogP contribution is 2.33. The van der Waals surface area contributed by atoms with Crippen molar-refractivity contribution in [1.29, 1.82) is 0 Å². The van der Waals surface area contributed by atoms with Gasteiger partial charge in [0.25, 0.3) is 5.91 Å². The number of nitrogens with zero attached hydrogens (tertiary/aromatic N) is 3. The number of piperazine rings is 1. The van der Waals surface area contributed by atoms with Gasteiger partial charge in [0.1, 0.15) is 0 Å². The fourth-order valence-electron chi connectivity index (χ4n) is 3.35. The van der Waals surface area contributed by atoms with Crippen LogP contribution in [0.2, 0.25) is 0 Å². The third-order valence-electron chi connectivity index (χ3n) is 4.85. The summed E-state index contributed by atoms with van der Waals surface area (Å²) in [5.74, 6) is 0.813. The van der Waals surface area contributed by atoms with Crippen molar-refractivity contribution in [2.75, 3.05) is 42.9 Å². The highest BCUT2D eigenvalue weighted by Gasteiger charge is 2.23. The van der Waals surface area contributed by atoms with Crippen molar-refractivity contribution in [3.63, 3.8) is 0 Å². The molecule has 0 unspecified atom stereocenters. The molecule has 7 heteroatoms. The van der Waals surface area contributed by atoms with Gasteiger partial charge < -0.3 is 15.1 Å². The minimum atomic E-state index is 0.0468. The first-order valence-electron chi connectivity index (χ1n) is 9.75. The number of hydrogen-bond donors (Lipinski definition) is 2. The Morgan fingerprint density at radius 2 is 1.66 bits per heavy atom. The maximum atomic E-state index is 12.7. The van der Waals surface area contributed by atoms with Crippen LogP contribution in [-0.2, 0) is 4.79 Å². The van der Waals surface area contributed by atoms with E-state index in [0.29, 0.717) is 6.54 Å². The lowest BCUT2D eigenvalue weighted by molar-refractivity contribution is -0.892. The molecule has 0 aliphatic carbocycles. The number of hydrogen-bond acceptors (Lipinski definition) is 5. The number of carbonyl (C=O) groups excluding carboxylic acids is 1. The fourth-order valence-corrected chi connectivity index (χ4v) is 4.27. The molecule has 0 atom stereocenters. The van der Waals surface area contributed by atoms with E-state index in [4.69, 9.17) is 0 Å². The van der Waals surface area contributed by atoms with Crippen molar-refractivity contribution in [3.05, 3.63) is 73.1 Å². The van der Waals surface area contributed by atoms with Crippen molar-refractivity contribution in [1.82, 2.24) is 9.97 Å². The Morgan fingerprint density at radius 1 is 0.966 bits per heavy atom. The molecule has 3 aromatic rings. The van der Waals surface area contributed by atoms with Crippen LogP contribution in [0.25, 0.3) is 0 Å². The number of nitrogens with one attached hydrogen (secondary N) is 2. The Bertz CT molecular complexity index is 930. The normalized spacial score (nSPS) is 14.6. The molecular weight excluding hydrogens is 382 g/mol. The third-order valence-corrected chi connectivity index (χ3v) is 5.93. The van der Waals surface area contributed by atoms with Crippen LogP contribution in [0.1, 0.15) is 0 Å². The summed E-state index contributed by atoms with van der Waals surface area (Å²) in [6, 6.07) is 20.0. The van der Waals surface area contributed by atoms with E-state index in [9.17, 15) is 4.79 Å². The Balaban J connectivity index is 1.31. The van der Waals surface area contributed by atoms with Crippen LogP contribution in [0.5, 0.6) is 0 Å². The number of quaternary nitrogens is 1. The van der Waals surface area contributed by atoms with E-state index in [1.807, 2.05) is 48.5 Å². The van der Waals surface area contributed by atoms with Gasteiger partial charge in [-0.1, -0.05) is 42.1 Å². The molecule has 1 fully saturated rings. The molecule has 1 amide bonds. The topological polar surface area (TPSA) is 62.6 Å². The van der Waals surface area contributed by atoms with Crippen LogP contribution in [0, 0.1) is 0 Å². The van der Waals surface area contributed by atoms with E-state index in [1.54, 1.807) is 24.2 Å². The van der Waals surface area contributed by atoms with Crippen LogP contribution < -0.4 is 15.1 Å². The van der Waals surface area contributed by atoms with Gasteiger partial charge in [0.05, 0.1) is 31.9 Å². The molecule has 2 aromatic carbocycles. The molecule has 2 N–H and O–H groups in total. The number of aromatic nitrogens is 2. The number of para-hydroxylation sites is 1. The second-order valence-electron chi connectivity index (χ2n) is 6.92. The summed E-state index contributed by atoms with van der Waals surface area (Å²) in [7, 11) is 0. The average molecular weight is 407 g/mol. The van der Waals surface area contributed by atoms with Gasteiger partial charge >= 0.3 is 0 Å². The highest BCUT2D eigenvalue weighted by atomic mass is 32.2. The number of carbonyl (C=O) groups is 1. The number of rotatable bonds is 6. The van der Waals surface area contributed by atoms with Gasteiger partial charge in [0.15, 0.2) is 6.54 Å². The number of benzene rings is 2. The van der Waals surface area contributed by atoms with Gasteiger partial charge in [-0.25, -0.2) is 9.97 Å². The predicted molar refractivity (Wildman–Crippen MR) is 115 cm³/mol. The molecule has 1 aliphatic rings. The quantitative estimate of drug-likeness (QED) is 0.655. The average Bonchev–Trinajstić information content (AvgIpc) is 2.77. The Kier molecular flexibility index (Phi) is 6.38. The molecule has 29 heavy (non-hydrogen) atoms. The fraction of sp³-hybridized carbons (Fsp3) is 0.227. The lowest BCUT2D eigenvalue weighted by Gasteiger charge is -2.31. The first kappa shape index (κ1) is 19.4. The molecule has 148 valence electrons. The zero-order valence-corrected chi connectivity index (χ0v) is 16.9. The minimum Gasteiger partial charge on any atom is -0.330 e. The molecule has 2 heterocycles. The van der Waals surface area contributed by atoms with Gasteiger partial charge in [0.2, 0.25) is 5.95 Å². The zero-order valence-electron chi connectivity index (χ0n) is 16.1. The van der Waals surface area contributed by atoms with E-state index in [0.717, 1.165) is 47.6 Å². The first-order valence-corrected chi connectivity index (χ1v) is 10.6. The summed E-state index contributed by atoms with van der Waals surface area (Å²) in [6.45, 7) is 3.96. The first-order chi connectivity index (χ1) is 14.3. The monoisotopic (exact) mass is 406 g/mol. The molecule has 0 saturated carbocycles. The van der Waals surface area contributed by atoms with Crippen molar-refractivity contribution in [3.8, 4) is 0 Å². The lowest BCUT2D eigenvalue weighted by atomic mass is 10.3. The van der Waals surface area contributed by atoms with Crippen LogP contribution in [0.4, 0.5) is 11.6 Å². The van der Waals surface area contributed by atoms with Crippen molar-refractivity contribution < 1.29 is 9.69 Å². The van der Waals surface area contributed by atoms with E-state index in [-0.39, 0.29) is 5.91 Å². The number of anilines is 2. The highest BCUT2D eigenvalue weighted by molar-refractivity contribution is 7.99. The van der Waals surface area contributed by atoms with Crippen LogP contribution >= 0.6 is 11.8 Å². The zero-order chi connectivity index (χ0) is 19.9. The Hall–Kier alpha value is -2.90. The van der Waals surface area contributed by atoms with Gasteiger partial charge in [-0.05, 0) is 30.3 Å². The third kappa shape index (κ3) is 5.34. The van der Waals surface area contributed by atoms with E-state index >= 15 is 0 Å². The van der Waals surface area contributed by atoms with Crippen molar-refractivity contribution in [2.45, 2.75) is 9.79 Å². The number of amides is 1. The van der Waals surface area contributed by atoms with Gasteiger partial charge in [-0.3, -0.25) is 4.79 Å². The van der Waals surface area contributed by atoms with Crippen molar-refractivity contribution >= 4 is 29.3 Å². The van der Waals surface area contributed by atoms with E-state index < -0.39 is 0 Å². The summed E-state index contributed by atoms with van der Waals surface area (Å²) >= 11 is 1.66. The molecule has 1 aliphatic heterocycles. The largest absolute Gasteiger partial charge is 0.330 e. The molecular formula is C22H24N5OS+. The molecule has 1 saturated heterocycles. The summed E-state index contributed by atoms with van der Waals surface area (Å²) in [5, 5.41) is 3.10. The Morgan fingerprint density at radius 3 is 2.41 bits per heavy atom. The summed E-state index contributed by atoms with van der Waals surface area (Å²) in [6.07, 6.45) is 3.53. The molecule has 0 bridgehead atoms. The lowest BCUT2D eigenvalue weighted by Crippen LogP contribution is -3.15. The van der Waals surface area contributed by atoms with Crippen LogP contribution in [0.3, 0.4) is 0 Å². The standard InChI is InChI=1S/C22H23N5OS/c28-21(17-26-13-15-27(16-14-26)22-23-11-6-12-24-22)25-19-9-4-5-10-20(19)29-18-7-2-1-3-8-18/h1-12H,13-17H2,(H,25,28)/p+1. The smallest absolute Gasteiger partial charge is 0.279 e. The van der Waals surface area contributed by atoms with Crippen molar-refractivity contribution in [2.24, 2.45) is 0 Å². The molecule has 6 nitrogen and oxygen atoms in total. The molecule has 0 spiro atoms. The molecule has 1 aromatic heterocycles. The van der Waals surface area contributed by atoms with Gasteiger partial charge in [-0.2, -0.15) is 0 Å². The molecule has 0 radical (unpaired) electrons. The second-order valence-corrected chi connectivity index (χ2v) is 8.04. The molecule has 4 rings (SSSR count). The van der Waals surface area contributed by atoms with Crippen LogP contribution in [-0.4, -0.2) is 48.6 Å². The van der Waals surface area contributed by atoms with E-state index in [2.05, 4.69) is 32.3 Å². The summed E-state index contributed by atoms with van der Waals surface area (Å²) in [4.78, 5) is 26.9. The van der Waals surface area contributed by atoms with Crippen LogP contribution in [0.15, 0.2) is 82.8 Å². The minimum absolute atomic E-state index is 0.0468. The maximum Gasteiger partial charge on any atom is 0.279 e. The SMILES string of the molecule is O=C(C[NH+]1CCN(c2ncccn2)CC1)Nc1ccccc1Sc1ccccc1. The summed E-state index contributed by atoms with van der Waals surface area (Å²) < 4.78 is 0. The Labute approximate surface area is 175 Å². The van der Waals surface area contributed by atoms with Gasteiger partial charge in [-0.15, -0.1) is 0 Å². The summed E-state index contributed by atoms with van der Waals surface area (Å²) in [5.41, 5.74) is 0.863. The maximum absolute atomic E-state index is 12.7. The van der Waals surface area contributed by atoms with E-state index in [1.165, 1.54) is 4.90 Å². The van der Waals surface area contributed by atoms with Gasteiger partial charge in [0, 0.05) is 22.2 Å². The predicted octanol–water partition coefficient (Wildman–Crippen LogP) is 1.97. The second kappa shape index (κ2) is 9.54.